The number of hydrogen-bond acceptors (Lipinski definition) is 2. The Morgan fingerprint density at radius 1 is 1.32 bits per heavy atom. The average Bonchev–Trinajstić information content (AvgIpc) is 2.35. The molecule has 3 atom stereocenters. The Morgan fingerprint density at radius 3 is 2.53 bits per heavy atom. The zero-order chi connectivity index (χ0) is 14.5. The van der Waals surface area contributed by atoms with Gasteiger partial charge in [-0.2, -0.15) is 0 Å². The van der Waals surface area contributed by atoms with Crippen LogP contribution in [-0.4, -0.2) is 37.1 Å². The summed E-state index contributed by atoms with van der Waals surface area (Å²) in [4.78, 5) is 2.58. The summed E-state index contributed by atoms with van der Waals surface area (Å²) in [5.41, 5.74) is 0.500. The minimum atomic E-state index is 0.500. The molecule has 0 aliphatic heterocycles. The van der Waals surface area contributed by atoms with Crippen molar-refractivity contribution < 1.29 is 0 Å². The molecule has 0 heterocycles. The molecule has 1 aliphatic carbocycles. The van der Waals surface area contributed by atoms with E-state index >= 15 is 0 Å². The molecule has 0 spiro atoms. The first-order chi connectivity index (χ1) is 8.88. The largest absolute Gasteiger partial charge is 0.314 e. The van der Waals surface area contributed by atoms with E-state index in [1.807, 2.05) is 0 Å². The lowest BCUT2D eigenvalue weighted by atomic mass is 9.69. The molecule has 1 rings (SSSR count). The van der Waals surface area contributed by atoms with Gasteiger partial charge < -0.3 is 10.2 Å². The second-order valence-corrected chi connectivity index (χ2v) is 7.41. The van der Waals surface area contributed by atoms with Gasteiger partial charge >= 0.3 is 0 Å². The van der Waals surface area contributed by atoms with Crippen molar-refractivity contribution in [2.45, 2.75) is 78.8 Å². The van der Waals surface area contributed by atoms with Crippen molar-refractivity contribution in [3.63, 3.8) is 0 Å². The molecule has 1 fully saturated rings. The highest BCUT2D eigenvalue weighted by Crippen LogP contribution is 2.39. The molecule has 2 nitrogen and oxygen atoms in total. The van der Waals surface area contributed by atoms with E-state index in [9.17, 15) is 0 Å². The van der Waals surface area contributed by atoms with Gasteiger partial charge in [0, 0.05) is 25.2 Å². The summed E-state index contributed by atoms with van der Waals surface area (Å²) in [7, 11) is 2.31. The molecule has 114 valence electrons. The normalized spacial score (nSPS) is 30.0. The third-order valence-corrected chi connectivity index (χ3v) is 5.00. The van der Waals surface area contributed by atoms with Crippen LogP contribution in [-0.2, 0) is 0 Å². The Hall–Kier alpha value is -0.0800. The SMILES string of the molecule is CCC(C)N(C)CC1(CNC(C)C)CCCC(C)C1. The molecule has 1 aliphatic rings. The molecule has 0 radical (unpaired) electrons. The molecule has 0 aromatic carbocycles. The van der Waals surface area contributed by atoms with Gasteiger partial charge in [-0.15, -0.1) is 0 Å². The summed E-state index contributed by atoms with van der Waals surface area (Å²) in [6.07, 6.45) is 6.89. The maximum atomic E-state index is 3.71. The van der Waals surface area contributed by atoms with Crippen molar-refractivity contribution in [1.82, 2.24) is 10.2 Å². The molecule has 19 heavy (non-hydrogen) atoms. The third kappa shape index (κ3) is 5.43. The topological polar surface area (TPSA) is 15.3 Å². The van der Waals surface area contributed by atoms with Crippen LogP contribution in [0.4, 0.5) is 0 Å². The van der Waals surface area contributed by atoms with Crippen LogP contribution in [0.25, 0.3) is 0 Å². The highest BCUT2D eigenvalue weighted by atomic mass is 15.1. The molecular weight excluding hydrogens is 232 g/mol. The van der Waals surface area contributed by atoms with Gasteiger partial charge in [0.15, 0.2) is 0 Å². The quantitative estimate of drug-likeness (QED) is 0.753. The van der Waals surface area contributed by atoms with E-state index in [0.29, 0.717) is 17.5 Å². The van der Waals surface area contributed by atoms with E-state index in [1.54, 1.807) is 0 Å². The first-order valence-corrected chi connectivity index (χ1v) is 8.32. The fourth-order valence-electron chi connectivity index (χ4n) is 3.55. The van der Waals surface area contributed by atoms with Crippen molar-refractivity contribution >= 4 is 0 Å². The van der Waals surface area contributed by atoms with Crippen LogP contribution in [0.15, 0.2) is 0 Å². The van der Waals surface area contributed by atoms with Crippen LogP contribution in [0.5, 0.6) is 0 Å². The van der Waals surface area contributed by atoms with Crippen LogP contribution >= 0.6 is 0 Å². The minimum absolute atomic E-state index is 0.500. The Balaban J connectivity index is 2.67. The smallest absolute Gasteiger partial charge is 0.00614 e. The van der Waals surface area contributed by atoms with E-state index in [0.717, 1.165) is 5.92 Å². The summed E-state index contributed by atoms with van der Waals surface area (Å²) < 4.78 is 0. The van der Waals surface area contributed by atoms with Gasteiger partial charge in [-0.3, -0.25) is 0 Å². The Morgan fingerprint density at radius 2 is 2.00 bits per heavy atom. The summed E-state index contributed by atoms with van der Waals surface area (Å²) in [6.45, 7) is 14.1. The number of hydrogen-bond donors (Lipinski definition) is 1. The summed E-state index contributed by atoms with van der Waals surface area (Å²) in [5, 5.41) is 3.71. The highest BCUT2D eigenvalue weighted by Gasteiger charge is 2.36. The molecule has 3 unspecified atom stereocenters. The van der Waals surface area contributed by atoms with E-state index in [2.05, 4.69) is 51.9 Å². The molecule has 0 aromatic heterocycles. The van der Waals surface area contributed by atoms with Crippen LogP contribution in [0.1, 0.15) is 66.7 Å². The zero-order valence-electron chi connectivity index (χ0n) is 14.1. The van der Waals surface area contributed by atoms with Crippen LogP contribution in [0, 0.1) is 11.3 Å². The molecular formula is C17H36N2. The number of rotatable bonds is 7. The van der Waals surface area contributed by atoms with Gasteiger partial charge in [0.1, 0.15) is 0 Å². The maximum Gasteiger partial charge on any atom is 0.00614 e. The van der Waals surface area contributed by atoms with Crippen molar-refractivity contribution in [2.75, 3.05) is 20.1 Å². The van der Waals surface area contributed by atoms with Crippen LogP contribution in [0.3, 0.4) is 0 Å². The standard InChI is InChI=1S/C17H36N2/c1-7-16(5)19(6)13-17(12-18-14(2)3)10-8-9-15(4)11-17/h14-16,18H,7-13H2,1-6H3. The van der Waals surface area contributed by atoms with Gasteiger partial charge in [-0.05, 0) is 44.6 Å². The van der Waals surface area contributed by atoms with E-state index in [4.69, 9.17) is 0 Å². The second kappa shape index (κ2) is 7.64. The van der Waals surface area contributed by atoms with Gasteiger partial charge in [0.25, 0.3) is 0 Å². The zero-order valence-corrected chi connectivity index (χ0v) is 14.1. The Labute approximate surface area is 121 Å². The molecule has 1 N–H and O–H groups in total. The van der Waals surface area contributed by atoms with Gasteiger partial charge in [-0.25, -0.2) is 0 Å². The first kappa shape index (κ1) is 17.0. The first-order valence-electron chi connectivity index (χ1n) is 8.32. The van der Waals surface area contributed by atoms with Crippen molar-refractivity contribution in [2.24, 2.45) is 11.3 Å². The molecule has 0 amide bonds. The van der Waals surface area contributed by atoms with E-state index < -0.39 is 0 Å². The second-order valence-electron chi connectivity index (χ2n) is 7.41. The lowest BCUT2D eigenvalue weighted by molar-refractivity contribution is 0.0733. The monoisotopic (exact) mass is 268 g/mol. The van der Waals surface area contributed by atoms with Crippen molar-refractivity contribution in [3.05, 3.63) is 0 Å². The predicted molar refractivity (Wildman–Crippen MR) is 85.6 cm³/mol. The van der Waals surface area contributed by atoms with Crippen molar-refractivity contribution in [3.8, 4) is 0 Å². The third-order valence-electron chi connectivity index (χ3n) is 5.00. The summed E-state index contributed by atoms with van der Waals surface area (Å²) >= 11 is 0. The minimum Gasteiger partial charge on any atom is -0.314 e. The Bertz CT molecular complexity index is 252. The van der Waals surface area contributed by atoms with Gasteiger partial charge in [0.05, 0.1) is 0 Å². The van der Waals surface area contributed by atoms with E-state index in [-0.39, 0.29) is 0 Å². The van der Waals surface area contributed by atoms with Crippen LogP contribution in [0.2, 0.25) is 0 Å². The average molecular weight is 268 g/mol. The summed E-state index contributed by atoms with van der Waals surface area (Å²) in [5.74, 6) is 0.896. The maximum absolute atomic E-state index is 3.71. The molecule has 1 saturated carbocycles. The fourth-order valence-corrected chi connectivity index (χ4v) is 3.55. The number of nitrogens with one attached hydrogen (secondary N) is 1. The molecule has 0 saturated heterocycles. The lowest BCUT2D eigenvalue weighted by Gasteiger charge is -2.44. The van der Waals surface area contributed by atoms with E-state index in [1.165, 1.54) is 45.2 Å². The fraction of sp³-hybridized carbons (Fsp3) is 1.00. The van der Waals surface area contributed by atoms with Crippen LogP contribution < -0.4 is 5.32 Å². The van der Waals surface area contributed by atoms with Gasteiger partial charge in [0.2, 0.25) is 0 Å². The lowest BCUT2D eigenvalue weighted by Crippen LogP contribution is -2.48. The predicted octanol–water partition coefficient (Wildman–Crippen LogP) is 3.91. The number of nitrogens with zero attached hydrogens (tertiary/aromatic N) is 1. The Kier molecular flexibility index (Phi) is 6.82. The van der Waals surface area contributed by atoms with Gasteiger partial charge in [-0.1, -0.05) is 40.5 Å². The summed E-state index contributed by atoms with van der Waals surface area (Å²) in [6, 6.07) is 1.30. The highest BCUT2D eigenvalue weighted by molar-refractivity contribution is 4.90. The molecule has 0 bridgehead atoms. The molecule has 0 aromatic rings. The molecule has 2 heteroatoms. The van der Waals surface area contributed by atoms with Crippen molar-refractivity contribution in [1.29, 1.82) is 0 Å².